The number of rotatable bonds is 3. The SMILES string of the molecule is Cc1c(C(=O)O)n(C(F)c2cccc(C(F)(F)F)c2)c2ccc(O)c(F)c12. The lowest BCUT2D eigenvalue weighted by atomic mass is 10.1. The summed E-state index contributed by atoms with van der Waals surface area (Å²) in [5, 5.41) is 18.6. The van der Waals surface area contributed by atoms with Gasteiger partial charge in [-0.3, -0.25) is 4.57 Å². The van der Waals surface area contributed by atoms with Crippen molar-refractivity contribution in [1.29, 1.82) is 0 Å². The van der Waals surface area contributed by atoms with Gasteiger partial charge >= 0.3 is 12.1 Å². The zero-order valence-electron chi connectivity index (χ0n) is 13.7. The number of aromatic hydroxyl groups is 1. The van der Waals surface area contributed by atoms with Gasteiger partial charge in [0.2, 0.25) is 6.30 Å². The largest absolute Gasteiger partial charge is 0.505 e. The second-order valence-electron chi connectivity index (χ2n) is 5.90. The molecule has 0 aliphatic rings. The third-order valence-corrected chi connectivity index (χ3v) is 4.25. The van der Waals surface area contributed by atoms with E-state index in [2.05, 4.69) is 0 Å². The first-order valence-electron chi connectivity index (χ1n) is 7.60. The number of phenolic OH excluding ortho intramolecular Hbond substituents is 1. The maximum atomic E-state index is 15.2. The van der Waals surface area contributed by atoms with E-state index in [1.807, 2.05) is 0 Å². The zero-order chi connectivity index (χ0) is 20.1. The minimum atomic E-state index is -4.71. The number of carboxylic acid groups (broad SMARTS) is 1. The summed E-state index contributed by atoms with van der Waals surface area (Å²) < 4.78 is 68.7. The van der Waals surface area contributed by atoms with Crippen molar-refractivity contribution in [2.24, 2.45) is 0 Å². The quantitative estimate of drug-likeness (QED) is 0.622. The van der Waals surface area contributed by atoms with E-state index in [9.17, 15) is 32.6 Å². The molecule has 27 heavy (non-hydrogen) atoms. The Hall–Kier alpha value is -3.10. The van der Waals surface area contributed by atoms with E-state index >= 15 is 4.39 Å². The molecule has 0 saturated carbocycles. The van der Waals surface area contributed by atoms with Gasteiger partial charge in [0, 0.05) is 10.9 Å². The molecule has 1 unspecified atom stereocenters. The van der Waals surface area contributed by atoms with Crippen molar-refractivity contribution in [3.63, 3.8) is 0 Å². The molecule has 3 aromatic rings. The standard InChI is InChI=1S/C18H12F5NO3/c1-8-13-11(5-6-12(25)14(13)19)24(15(8)17(26)27)16(20)9-3-2-4-10(7-9)18(21,22)23/h2-7,16,25H,1H3,(H,26,27). The van der Waals surface area contributed by atoms with Gasteiger partial charge < -0.3 is 10.2 Å². The fourth-order valence-corrected chi connectivity index (χ4v) is 3.04. The molecule has 2 N–H and O–H groups in total. The van der Waals surface area contributed by atoms with Gasteiger partial charge in [0.1, 0.15) is 5.69 Å². The molecule has 1 aromatic heterocycles. The predicted molar refractivity (Wildman–Crippen MR) is 85.9 cm³/mol. The lowest BCUT2D eigenvalue weighted by Gasteiger charge is -2.16. The van der Waals surface area contributed by atoms with Crippen molar-refractivity contribution >= 4 is 16.9 Å². The summed E-state index contributed by atoms with van der Waals surface area (Å²) >= 11 is 0. The summed E-state index contributed by atoms with van der Waals surface area (Å²) in [4.78, 5) is 11.6. The Bertz CT molecular complexity index is 1060. The smallest absolute Gasteiger partial charge is 0.416 e. The summed E-state index contributed by atoms with van der Waals surface area (Å²) in [6.45, 7) is 1.23. The fraction of sp³-hybridized carbons (Fsp3) is 0.167. The molecule has 1 atom stereocenters. The Morgan fingerprint density at radius 1 is 1.19 bits per heavy atom. The lowest BCUT2D eigenvalue weighted by molar-refractivity contribution is -0.137. The van der Waals surface area contributed by atoms with E-state index in [1.54, 1.807) is 0 Å². The van der Waals surface area contributed by atoms with Gasteiger partial charge in [0.15, 0.2) is 11.6 Å². The highest BCUT2D eigenvalue weighted by molar-refractivity contribution is 5.99. The van der Waals surface area contributed by atoms with Crippen molar-refractivity contribution in [2.45, 2.75) is 19.4 Å². The third kappa shape index (κ3) is 2.98. The van der Waals surface area contributed by atoms with Gasteiger partial charge in [-0.1, -0.05) is 12.1 Å². The molecular formula is C18H12F5NO3. The van der Waals surface area contributed by atoms with Crippen molar-refractivity contribution in [3.05, 3.63) is 64.6 Å². The summed E-state index contributed by atoms with van der Waals surface area (Å²) in [6, 6.07) is 5.41. The van der Waals surface area contributed by atoms with Crippen LogP contribution in [0.5, 0.6) is 5.75 Å². The third-order valence-electron chi connectivity index (χ3n) is 4.25. The van der Waals surface area contributed by atoms with Crippen molar-refractivity contribution in [2.75, 3.05) is 0 Å². The first-order valence-corrected chi connectivity index (χ1v) is 7.60. The molecule has 0 fully saturated rings. The van der Waals surface area contributed by atoms with E-state index in [0.29, 0.717) is 10.6 Å². The number of fused-ring (bicyclic) bond motifs is 1. The van der Waals surface area contributed by atoms with Gasteiger partial charge in [-0.25, -0.2) is 13.6 Å². The molecule has 0 bridgehead atoms. The molecule has 0 aliphatic carbocycles. The number of aromatic carboxylic acids is 1. The fourth-order valence-electron chi connectivity index (χ4n) is 3.04. The molecular weight excluding hydrogens is 373 g/mol. The topological polar surface area (TPSA) is 62.5 Å². The number of aryl methyl sites for hydroxylation is 1. The zero-order valence-corrected chi connectivity index (χ0v) is 13.7. The first-order chi connectivity index (χ1) is 12.5. The first kappa shape index (κ1) is 18.7. The van der Waals surface area contributed by atoms with E-state index in [0.717, 1.165) is 30.3 Å². The van der Waals surface area contributed by atoms with Gasteiger partial charge in [0.25, 0.3) is 0 Å². The van der Waals surface area contributed by atoms with Crippen molar-refractivity contribution in [3.8, 4) is 5.75 Å². The average molecular weight is 385 g/mol. The van der Waals surface area contributed by atoms with Crippen LogP contribution in [0, 0.1) is 12.7 Å². The van der Waals surface area contributed by atoms with Crippen LogP contribution in [0.4, 0.5) is 22.0 Å². The Morgan fingerprint density at radius 2 is 1.85 bits per heavy atom. The van der Waals surface area contributed by atoms with Gasteiger partial charge in [0.05, 0.1) is 11.1 Å². The van der Waals surface area contributed by atoms with Crippen molar-refractivity contribution in [1.82, 2.24) is 4.57 Å². The van der Waals surface area contributed by atoms with Crippen LogP contribution in [0.25, 0.3) is 10.9 Å². The summed E-state index contributed by atoms with van der Waals surface area (Å²) in [5.74, 6) is -3.48. The Labute approximate surface area is 149 Å². The molecule has 9 heteroatoms. The second kappa shape index (κ2) is 6.26. The van der Waals surface area contributed by atoms with Crippen LogP contribution in [-0.2, 0) is 6.18 Å². The molecule has 0 saturated heterocycles. The predicted octanol–water partition coefficient (Wildman–Crippen LogP) is 5.03. The van der Waals surface area contributed by atoms with E-state index in [-0.39, 0.29) is 16.5 Å². The van der Waals surface area contributed by atoms with Crippen LogP contribution in [-0.4, -0.2) is 20.7 Å². The number of benzene rings is 2. The van der Waals surface area contributed by atoms with E-state index in [1.165, 1.54) is 6.92 Å². The molecule has 0 spiro atoms. The summed E-state index contributed by atoms with van der Waals surface area (Å²) in [6.07, 6.45) is -7.03. The number of aromatic nitrogens is 1. The number of carboxylic acids is 1. The van der Waals surface area contributed by atoms with Crippen LogP contribution in [0.3, 0.4) is 0 Å². The number of phenols is 1. The molecule has 4 nitrogen and oxygen atoms in total. The molecule has 142 valence electrons. The van der Waals surface area contributed by atoms with E-state index in [4.69, 9.17) is 0 Å². The number of hydrogen-bond acceptors (Lipinski definition) is 2. The Balaban J connectivity index is 2.30. The van der Waals surface area contributed by atoms with Crippen LogP contribution >= 0.6 is 0 Å². The Morgan fingerprint density at radius 3 is 2.44 bits per heavy atom. The minimum Gasteiger partial charge on any atom is -0.505 e. The summed E-state index contributed by atoms with van der Waals surface area (Å²) in [5.41, 5.74) is -2.53. The highest BCUT2D eigenvalue weighted by Crippen LogP contribution is 2.38. The normalized spacial score (nSPS) is 13.1. The van der Waals surface area contributed by atoms with Crippen LogP contribution in [0.15, 0.2) is 36.4 Å². The number of hydrogen-bond donors (Lipinski definition) is 2. The molecule has 0 aliphatic heterocycles. The van der Waals surface area contributed by atoms with Gasteiger partial charge in [-0.05, 0) is 36.8 Å². The number of halogens is 5. The van der Waals surface area contributed by atoms with Gasteiger partial charge in [-0.2, -0.15) is 13.2 Å². The van der Waals surface area contributed by atoms with Crippen LogP contribution in [0.2, 0.25) is 0 Å². The van der Waals surface area contributed by atoms with Crippen molar-refractivity contribution < 1.29 is 37.0 Å². The number of carbonyl (C=O) groups is 1. The van der Waals surface area contributed by atoms with E-state index < -0.39 is 46.8 Å². The highest BCUT2D eigenvalue weighted by atomic mass is 19.4. The molecule has 0 radical (unpaired) electrons. The molecule has 3 rings (SSSR count). The minimum absolute atomic E-state index is 0.152. The average Bonchev–Trinajstić information content (AvgIpc) is 2.90. The second-order valence-corrected chi connectivity index (χ2v) is 5.90. The highest BCUT2D eigenvalue weighted by Gasteiger charge is 2.33. The van der Waals surface area contributed by atoms with Gasteiger partial charge in [-0.15, -0.1) is 0 Å². The maximum Gasteiger partial charge on any atom is 0.416 e. The maximum absolute atomic E-state index is 15.2. The van der Waals surface area contributed by atoms with Crippen LogP contribution in [0.1, 0.15) is 33.5 Å². The number of nitrogens with zero attached hydrogens (tertiary/aromatic N) is 1. The monoisotopic (exact) mass is 385 g/mol. The molecule has 2 aromatic carbocycles. The number of alkyl halides is 4. The molecule has 0 amide bonds. The Kier molecular flexibility index (Phi) is 4.33. The van der Waals surface area contributed by atoms with Crippen LogP contribution < -0.4 is 0 Å². The lowest BCUT2D eigenvalue weighted by Crippen LogP contribution is -2.14. The molecule has 1 heterocycles. The summed E-state index contributed by atoms with van der Waals surface area (Å²) in [7, 11) is 0.